The van der Waals surface area contributed by atoms with Crippen molar-refractivity contribution in [1.29, 1.82) is 0 Å². The van der Waals surface area contributed by atoms with E-state index in [9.17, 15) is 4.79 Å². The quantitative estimate of drug-likeness (QED) is 0.811. The molecule has 0 bridgehead atoms. The number of ether oxygens (including phenoxy) is 1. The average molecular weight is 326 g/mol. The van der Waals surface area contributed by atoms with Crippen LogP contribution in [0.25, 0.3) is 0 Å². The first kappa shape index (κ1) is 18.0. The zero-order valence-electron chi connectivity index (χ0n) is 14.4. The second-order valence-corrected chi connectivity index (χ2v) is 5.74. The first-order chi connectivity index (χ1) is 11.6. The second-order valence-electron chi connectivity index (χ2n) is 5.74. The van der Waals surface area contributed by atoms with E-state index in [-0.39, 0.29) is 5.91 Å². The molecular formula is C20H26N2O2. The molecule has 0 aliphatic rings. The lowest BCUT2D eigenvalue weighted by atomic mass is 10.1. The fourth-order valence-corrected chi connectivity index (χ4v) is 2.57. The van der Waals surface area contributed by atoms with Crippen molar-refractivity contribution >= 4 is 5.91 Å². The number of carbonyl (C=O) groups is 1. The standard InChI is InChI=1S/C20H26N2O2/c1-3-22(4-2)20(23)19(21)14-16-10-12-18(13-11-16)24-15-17-8-6-5-7-9-17/h5-13,19H,3-4,14-15,21H2,1-2H3. The molecule has 0 saturated carbocycles. The minimum atomic E-state index is -0.499. The summed E-state index contributed by atoms with van der Waals surface area (Å²) < 4.78 is 5.77. The Balaban J connectivity index is 1.88. The van der Waals surface area contributed by atoms with Crippen molar-refractivity contribution in [3.05, 3.63) is 65.7 Å². The van der Waals surface area contributed by atoms with Gasteiger partial charge in [0.1, 0.15) is 12.4 Å². The lowest BCUT2D eigenvalue weighted by Gasteiger charge is -2.22. The third-order valence-corrected chi connectivity index (χ3v) is 4.02. The molecule has 2 aromatic rings. The molecule has 2 N–H and O–H groups in total. The molecule has 2 aromatic carbocycles. The summed E-state index contributed by atoms with van der Waals surface area (Å²) in [4.78, 5) is 14.0. The summed E-state index contributed by atoms with van der Waals surface area (Å²) in [6.45, 7) is 5.85. The number of carbonyl (C=O) groups excluding carboxylic acids is 1. The van der Waals surface area contributed by atoms with Crippen LogP contribution >= 0.6 is 0 Å². The van der Waals surface area contributed by atoms with E-state index in [4.69, 9.17) is 10.5 Å². The predicted molar refractivity (Wildman–Crippen MR) is 96.8 cm³/mol. The van der Waals surface area contributed by atoms with E-state index in [1.165, 1.54) is 0 Å². The minimum Gasteiger partial charge on any atom is -0.489 e. The highest BCUT2D eigenvalue weighted by Gasteiger charge is 2.18. The molecule has 4 nitrogen and oxygen atoms in total. The van der Waals surface area contributed by atoms with Gasteiger partial charge in [0.05, 0.1) is 6.04 Å². The Morgan fingerprint density at radius 3 is 2.21 bits per heavy atom. The normalized spacial score (nSPS) is 11.8. The van der Waals surface area contributed by atoms with Crippen LogP contribution in [-0.2, 0) is 17.8 Å². The van der Waals surface area contributed by atoms with Crippen LogP contribution in [0, 0.1) is 0 Å². The molecule has 0 aliphatic carbocycles. The molecule has 1 amide bonds. The molecule has 0 radical (unpaired) electrons. The number of hydrogen-bond donors (Lipinski definition) is 1. The van der Waals surface area contributed by atoms with E-state index in [0.29, 0.717) is 26.1 Å². The summed E-state index contributed by atoms with van der Waals surface area (Å²) in [7, 11) is 0. The topological polar surface area (TPSA) is 55.6 Å². The van der Waals surface area contributed by atoms with E-state index < -0.39 is 6.04 Å². The van der Waals surface area contributed by atoms with Crippen LogP contribution in [0.15, 0.2) is 54.6 Å². The van der Waals surface area contributed by atoms with Crippen molar-refractivity contribution < 1.29 is 9.53 Å². The first-order valence-corrected chi connectivity index (χ1v) is 8.44. The summed E-state index contributed by atoms with van der Waals surface area (Å²) >= 11 is 0. The first-order valence-electron chi connectivity index (χ1n) is 8.44. The highest BCUT2D eigenvalue weighted by atomic mass is 16.5. The Hall–Kier alpha value is -2.33. The van der Waals surface area contributed by atoms with Crippen LogP contribution in [0.1, 0.15) is 25.0 Å². The summed E-state index contributed by atoms with van der Waals surface area (Å²) in [5, 5.41) is 0. The Labute approximate surface area is 144 Å². The Bertz CT molecular complexity index is 622. The molecule has 24 heavy (non-hydrogen) atoms. The van der Waals surface area contributed by atoms with Crippen LogP contribution in [-0.4, -0.2) is 29.9 Å². The van der Waals surface area contributed by atoms with Crippen molar-refractivity contribution in [2.45, 2.75) is 32.9 Å². The van der Waals surface area contributed by atoms with Crippen LogP contribution in [0.5, 0.6) is 5.75 Å². The molecule has 0 spiro atoms. The largest absolute Gasteiger partial charge is 0.489 e. The van der Waals surface area contributed by atoms with Gasteiger partial charge in [0.15, 0.2) is 0 Å². The van der Waals surface area contributed by atoms with Gasteiger partial charge in [0.2, 0.25) is 5.91 Å². The van der Waals surface area contributed by atoms with Crippen molar-refractivity contribution in [3.63, 3.8) is 0 Å². The van der Waals surface area contributed by atoms with Gasteiger partial charge in [-0.05, 0) is 43.5 Å². The Morgan fingerprint density at radius 1 is 1.00 bits per heavy atom. The van der Waals surface area contributed by atoms with E-state index in [2.05, 4.69) is 0 Å². The van der Waals surface area contributed by atoms with Gasteiger partial charge < -0.3 is 15.4 Å². The van der Waals surface area contributed by atoms with Crippen molar-refractivity contribution in [2.24, 2.45) is 5.73 Å². The third kappa shape index (κ3) is 5.10. The van der Waals surface area contributed by atoms with E-state index in [0.717, 1.165) is 16.9 Å². The van der Waals surface area contributed by atoms with Crippen LogP contribution < -0.4 is 10.5 Å². The van der Waals surface area contributed by atoms with Gasteiger partial charge in [-0.2, -0.15) is 0 Å². The summed E-state index contributed by atoms with van der Waals surface area (Å²) in [6, 6.07) is 17.3. The van der Waals surface area contributed by atoms with Gasteiger partial charge in [0, 0.05) is 13.1 Å². The van der Waals surface area contributed by atoms with Crippen LogP contribution in [0.2, 0.25) is 0 Å². The number of benzene rings is 2. The lowest BCUT2D eigenvalue weighted by molar-refractivity contribution is -0.132. The van der Waals surface area contributed by atoms with Gasteiger partial charge in [-0.3, -0.25) is 4.79 Å². The van der Waals surface area contributed by atoms with Gasteiger partial charge >= 0.3 is 0 Å². The zero-order chi connectivity index (χ0) is 17.4. The van der Waals surface area contributed by atoms with Crippen molar-refractivity contribution in [3.8, 4) is 5.75 Å². The van der Waals surface area contributed by atoms with E-state index in [1.807, 2.05) is 68.4 Å². The number of amides is 1. The molecule has 0 fully saturated rings. The average Bonchev–Trinajstić information content (AvgIpc) is 2.63. The highest BCUT2D eigenvalue weighted by Crippen LogP contribution is 2.15. The molecule has 1 unspecified atom stereocenters. The summed E-state index contributed by atoms with van der Waals surface area (Å²) in [5.41, 5.74) is 8.22. The maximum atomic E-state index is 12.2. The fraction of sp³-hybridized carbons (Fsp3) is 0.350. The Morgan fingerprint density at radius 2 is 1.62 bits per heavy atom. The number of rotatable bonds is 8. The van der Waals surface area contributed by atoms with Crippen molar-refractivity contribution in [1.82, 2.24) is 4.90 Å². The number of likely N-dealkylation sites (N-methyl/N-ethyl adjacent to an activating group) is 1. The minimum absolute atomic E-state index is 0.00408. The smallest absolute Gasteiger partial charge is 0.239 e. The molecule has 128 valence electrons. The molecule has 0 saturated heterocycles. The molecule has 4 heteroatoms. The van der Waals surface area contributed by atoms with Gasteiger partial charge in [-0.1, -0.05) is 42.5 Å². The fourth-order valence-electron chi connectivity index (χ4n) is 2.57. The highest BCUT2D eigenvalue weighted by molar-refractivity contribution is 5.81. The molecule has 0 heterocycles. The molecular weight excluding hydrogens is 300 g/mol. The van der Waals surface area contributed by atoms with Gasteiger partial charge in [-0.15, -0.1) is 0 Å². The number of nitrogens with zero attached hydrogens (tertiary/aromatic N) is 1. The maximum absolute atomic E-state index is 12.2. The van der Waals surface area contributed by atoms with E-state index >= 15 is 0 Å². The van der Waals surface area contributed by atoms with Gasteiger partial charge in [-0.25, -0.2) is 0 Å². The molecule has 0 aliphatic heterocycles. The lowest BCUT2D eigenvalue weighted by Crippen LogP contribution is -2.44. The number of hydrogen-bond acceptors (Lipinski definition) is 3. The summed E-state index contributed by atoms with van der Waals surface area (Å²) in [6.07, 6.45) is 0.536. The van der Waals surface area contributed by atoms with Crippen LogP contribution in [0.3, 0.4) is 0 Å². The third-order valence-electron chi connectivity index (χ3n) is 4.02. The Kier molecular flexibility index (Phi) is 6.82. The van der Waals surface area contributed by atoms with Crippen molar-refractivity contribution in [2.75, 3.05) is 13.1 Å². The van der Waals surface area contributed by atoms with E-state index in [1.54, 1.807) is 4.90 Å². The molecule has 1 atom stereocenters. The number of nitrogens with two attached hydrogens (primary N) is 1. The maximum Gasteiger partial charge on any atom is 0.239 e. The predicted octanol–water partition coefficient (Wildman–Crippen LogP) is 3.00. The monoisotopic (exact) mass is 326 g/mol. The van der Waals surface area contributed by atoms with Gasteiger partial charge in [0.25, 0.3) is 0 Å². The summed E-state index contributed by atoms with van der Waals surface area (Å²) in [5.74, 6) is 0.815. The second kappa shape index (κ2) is 9.08. The van der Waals surface area contributed by atoms with Crippen LogP contribution in [0.4, 0.5) is 0 Å². The molecule has 0 aromatic heterocycles. The molecule has 2 rings (SSSR count). The zero-order valence-corrected chi connectivity index (χ0v) is 14.4. The SMILES string of the molecule is CCN(CC)C(=O)C(N)Cc1ccc(OCc2ccccc2)cc1.